The highest BCUT2D eigenvalue weighted by Gasteiger charge is 2.27. The van der Waals surface area contributed by atoms with Gasteiger partial charge in [0.2, 0.25) is 0 Å². The van der Waals surface area contributed by atoms with Crippen molar-refractivity contribution in [3.63, 3.8) is 0 Å². The molecule has 2 rings (SSSR count). The number of aromatic nitrogens is 1. The van der Waals surface area contributed by atoms with Gasteiger partial charge in [0.15, 0.2) is 5.13 Å². The number of hydrogen-bond donors (Lipinski definition) is 0. The first-order valence-corrected chi connectivity index (χ1v) is 10.5. The molecule has 1 aliphatic carbocycles. The molecule has 0 saturated heterocycles. The van der Waals surface area contributed by atoms with E-state index in [0.717, 1.165) is 19.1 Å². The summed E-state index contributed by atoms with van der Waals surface area (Å²) in [5.74, 6) is 0. The fourth-order valence-electron chi connectivity index (χ4n) is 3.69. The van der Waals surface area contributed by atoms with Crippen LogP contribution in [0, 0.1) is 0 Å². The number of aryl methyl sites for hydroxylation is 1. The SMILES string of the molecule is CCCN(CCC)c1nc2c(s1)C[C@@H](N(CCC)CCC)CC2. The van der Waals surface area contributed by atoms with Gasteiger partial charge in [-0.15, -0.1) is 11.3 Å². The van der Waals surface area contributed by atoms with Crippen molar-refractivity contribution in [1.29, 1.82) is 0 Å². The Hall–Kier alpha value is -0.610. The zero-order valence-corrected chi connectivity index (χ0v) is 16.4. The van der Waals surface area contributed by atoms with Gasteiger partial charge in [-0.2, -0.15) is 0 Å². The first-order chi connectivity index (χ1) is 11.2. The highest BCUT2D eigenvalue weighted by molar-refractivity contribution is 7.15. The molecule has 1 heterocycles. The van der Waals surface area contributed by atoms with E-state index in [1.54, 1.807) is 4.88 Å². The Labute approximate surface area is 147 Å². The average Bonchev–Trinajstić information content (AvgIpc) is 2.97. The Bertz CT molecular complexity index is 445. The summed E-state index contributed by atoms with van der Waals surface area (Å²) in [6.07, 6.45) is 8.61. The largest absolute Gasteiger partial charge is 0.348 e. The van der Waals surface area contributed by atoms with Crippen molar-refractivity contribution in [2.24, 2.45) is 0 Å². The molecule has 0 spiro atoms. The molecule has 1 atom stereocenters. The van der Waals surface area contributed by atoms with Crippen molar-refractivity contribution in [3.05, 3.63) is 10.6 Å². The molecular weight excluding hydrogens is 302 g/mol. The van der Waals surface area contributed by atoms with Crippen LogP contribution in [0.15, 0.2) is 0 Å². The molecule has 0 fully saturated rings. The third kappa shape index (κ3) is 4.93. The van der Waals surface area contributed by atoms with Crippen LogP contribution in [0.2, 0.25) is 0 Å². The summed E-state index contributed by atoms with van der Waals surface area (Å²) in [6.45, 7) is 13.9. The lowest BCUT2D eigenvalue weighted by atomic mass is 9.96. The van der Waals surface area contributed by atoms with Crippen LogP contribution in [0.4, 0.5) is 5.13 Å². The third-order valence-electron chi connectivity index (χ3n) is 4.70. The van der Waals surface area contributed by atoms with E-state index in [9.17, 15) is 0 Å². The minimum atomic E-state index is 0.738. The lowest BCUT2D eigenvalue weighted by molar-refractivity contribution is 0.180. The summed E-state index contributed by atoms with van der Waals surface area (Å²) in [5.41, 5.74) is 1.39. The molecular formula is C19H35N3S. The number of hydrogen-bond acceptors (Lipinski definition) is 4. The van der Waals surface area contributed by atoms with Gasteiger partial charge in [0.25, 0.3) is 0 Å². The second-order valence-electron chi connectivity index (χ2n) is 6.79. The molecule has 0 bridgehead atoms. The summed E-state index contributed by atoms with van der Waals surface area (Å²) in [4.78, 5) is 11.8. The fourth-order valence-corrected chi connectivity index (χ4v) is 4.91. The van der Waals surface area contributed by atoms with Crippen LogP contribution >= 0.6 is 11.3 Å². The summed E-state index contributed by atoms with van der Waals surface area (Å²) in [6, 6.07) is 0.738. The van der Waals surface area contributed by atoms with Crippen molar-refractivity contribution >= 4 is 16.5 Å². The normalized spacial score (nSPS) is 17.5. The predicted octanol–water partition coefficient (Wildman–Crippen LogP) is 4.75. The predicted molar refractivity (Wildman–Crippen MR) is 103 cm³/mol. The van der Waals surface area contributed by atoms with E-state index >= 15 is 0 Å². The number of nitrogens with zero attached hydrogens (tertiary/aromatic N) is 3. The van der Waals surface area contributed by atoms with E-state index in [-0.39, 0.29) is 0 Å². The van der Waals surface area contributed by atoms with Gasteiger partial charge in [0, 0.05) is 24.0 Å². The van der Waals surface area contributed by atoms with Crippen LogP contribution in [0.1, 0.15) is 70.4 Å². The maximum atomic E-state index is 5.00. The Morgan fingerprint density at radius 1 is 0.957 bits per heavy atom. The summed E-state index contributed by atoms with van der Waals surface area (Å²) >= 11 is 1.97. The zero-order chi connectivity index (χ0) is 16.7. The van der Waals surface area contributed by atoms with Crippen molar-refractivity contribution in [2.75, 3.05) is 31.1 Å². The van der Waals surface area contributed by atoms with Gasteiger partial charge >= 0.3 is 0 Å². The van der Waals surface area contributed by atoms with Crippen LogP contribution in [-0.2, 0) is 12.8 Å². The fraction of sp³-hybridized carbons (Fsp3) is 0.842. The molecule has 0 aromatic carbocycles. The molecule has 0 N–H and O–H groups in total. The minimum Gasteiger partial charge on any atom is -0.348 e. The van der Waals surface area contributed by atoms with E-state index < -0.39 is 0 Å². The van der Waals surface area contributed by atoms with Gasteiger partial charge in [0.05, 0.1) is 5.69 Å². The Morgan fingerprint density at radius 3 is 2.13 bits per heavy atom. The molecule has 0 amide bonds. The first-order valence-electron chi connectivity index (χ1n) is 9.70. The molecule has 0 unspecified atom stereocenters. The lowest BCUT2D eigenvalue weighted by Gasteiger charge is -2.33. The second-order valence-corrected chi connectivity index (χ2v) is 7.85. The molecule has 3 nitrogen and oxygen atoms in total. The van der Waals surface area contributed by atoms with Crippen LogP contribution in [-0.4, -0.2) is 42.1 Å². The standard InChI is InChI=1S/C19H35N3S/c1-5-11-21(12-6-2)16-9-10-17-18(15-16)23-19(20-17)22(13-7-3)14-8-4/h16H,5-15H2,1-4H3/t16-/m0/s1. The van der Waals surface area contributed by atoms with Crippen molar-refractivity contribution < 1.29 is 0 Å². The van der Waals surface area contributed by atoms with Gasteiger partial charge < -0.3 is 9.80 Å². The zero-order valence-electron chi connectivity index (χ0n) is 15.6. The topological polar surface area (TPSA) is 19.4 Å². The van der Waals surface area contributed by atoms with Gasteiger partial charge in [-0.3, -0.25) is 0 Å². The average molecular weight is 338 g/mol. The number of thiazole rings is 1. The smallest absolute Gasteiger partial charge is 0.185 e. The number of anilines is 1. The maximum Gasteiger partial charge on any atom is 0.185 e. The summed E-state index contributed by atoms with van der Waals surface area (Å²) in [7, 11) is 0. The summed E-state index contributed by atoms with van der Waals surface area (Å²) in [5, 5.41) is 1.27. The Kier molecular flexibility index (Phi) is 7.84. The number of rotatable bonds is 10. The van der Waals surface area contributed by atoms with E-state index in [1.165, 1.54) is 68.9 Å². The molecule has 0 aliphatic heterocycles. The molecule has 0 saturated carbocycles. The molecule has 1 aromatic rings. The number of fused-ring (bicyclic) bond motifs is 1. The van der Waals surface area contributed by atoms with Gasteiger partial charge in [-0.05, 0) is 58.0 Å². The molecule has 4 heteroatoms. The van der Waals surface area contributed by atoms with Crippen LogP contribution in [0.5, 0.6) is 0 Å². The highest BCUT2D eigenvalue weighted by atomic mass is 32.1. The summed E-state index contributed by atoms with van der Waals surface area (Å²) < 4.78 is 0. The van der Waals surface area contributed by atoms with Gasteiger partial charge in [-0.1, -0.05) is 27.7 Å². The quantitative estimate of drug-likeness (QED) is 0.614. The molecule has 23 heavy (non-hydrogen) atoms. The van der Waals surface area contributed by atoms with Crippen LogP contribution < -0.4 is 4.90 Å². The third-order valence-corrected chi connectivity index (χ3v) is 5.88. The van der Waals surface area contributed by atoms with Crippen molar-refractivity contribution in [3.8, 4) is 0 Å². The first kappa shape index (κ1) is 18.7. The van der Waals surface area contributed by atoms with Crippen molar-refractivity contribution in [2.45, 2.75) is 78.7 Å². The van der Waals surface area contributed by atoms with Crippen LogP contribution in [0.25, 0.3) is 0 Å². The molecule has 1 aromatic heterocycles. The molecule has 1 aliphatic rings. The lowest BCUT2D eigenvalue weighted by Crippen LogP contribution is -2.40. The van der Waals surface area contributed by atoms with E-state index in [1.807, 2.05) is 11.3 Å². The molecule has 132 valence electrons. The monoisotopic (exact) mass is 337 g/mol. The Morgan fingerprint density at radius 2 is 1.57 bits per heavy atom. The van der Waals surface area contributed by atoms with Gasteiger partial charge in [-0.25, -0.2) is 4.98 Å². The van der Waals surface area contributed by atoms with E-state index in [0.29, 0.717) is 0 Å². The highest BCUT2D eigenvalue weighted by Crippen LogP contribution is 2.33. The maximum absolute atomic E-state index is 5.00. The van der Waals surface area contributed by atoms with Crippen LogP contribution in [0.3, 0.4) is 0 Å². The van der Waals surface area contributed by atoms with Gasteiger partial charge in [0.1, 0.15) is 0 Å². The van der Waals surface area contributed by atoms with Crippen molar-refractivity contribution in [1.82, 2.24) is 9.88 Å². The second kappa shape index (κ2) is 9.63. The van der Waals surface area contributed by atoms with E-state index in [4.69, 9.17) is 4.98 Å². The van der Waals surface area contributed by atoms with E-state index in [2.05, 4.69) is 37.5 Å². The minimum absolute atomic E-state index is 0.738. The molecule has 0 radical (unpaired) electrons. The Balaban J connectivity index is 2.08.